The van der Waals surface area contributed by atoms with Gasteiger partial charge in [-0.15, -0.1) is 0 Å². The van der Waals surface area contributed by atoms with Crippen LogP contribution in [0, 0.1) is 0 Å². The number of hydrogen-bond acceptors (Lipinski definition) is 2. The highest BCUT2D eigenvalue weighted by Gasteiger charge is 2.18. The maximum absolute atomic E-state index is 11.4. The number of likely N-dealkylation sites (N-methyl/N-ethyl adjacent to an activating group) is 1. The van der Waals surface area contributed by atoms with Gasteiger partial charge in [0.1, 0.15) is 0 Å². The molecule has 2 amide bonds. The molecule has 0 radical (unpaired) electrons. The van der Waals surface area contributed by atoms with E-state index in [-0.39, 0.29) is 0 Å². The van der Waals surface area contributed by atoms with E-state index in [1.54, 1.807) is 4.90 Å². The molecule has 0 aliphatic carbocycles. The SMILES string of the molecule is CCCN(CCC)C(=O)C(=O)NC. The van der Waals surface area contributed by atoms with Crippen LogP contribution >= 0.6 is 0 Å². The standard InChI is InChI=1S/C9H18N2O2/c1-4-6-11(7-5-2)9(13)8(12)10-3/h4-7H2,1-3H3,(H,10,12). The van der Waals surface area contributed by atoms with E-state index in [4.69, 9.17) is 0 Å². The van der Waals surface area contributed by atoms with Crippen molar-refractivity contribution < 1.29 is 9.59 Å². The van der Waals surface area contributed by atoms with Crippen LogP contribution in [0.15, 0.2) is 0 Å². The summed E-state index contributed by atoms with van der Waals surface area (Å²) in [6.07, 6.45) is 1.76. The Bertz CT molecular complexity index is 174. The molecule has 0 heterocycles. The molecule has 0 saturated carbocycles. The zero-order valence-corrected chi connectivity index (χ0v) is 8.59. The zero-order valence-electron chi connectivity index (χ0n) is 8.59. The van der Waals surface area contributed by atoms with Crippen molar-refractivity contribution in [2.45, 2.75) is 26.7 Å². The van der Waals surface area contributed by atoms with Gasteiger partial charge in [-0.25, -0.2) is 0 Å². The number of carbonyl (C=O) groups is 2. The molecule has 4 nitrogen and oxygen atoms in total. The summed E-state index contributed by atoms with van der Waals surface area (Å²) in [5, 5.41) is 2.33. The lowest BCUT2D eigenvalue weighted by atomic mass is 10.3. The van der Waals surface area contributed by atoms with E-state index >= 15 is 0 Å². The average Bonchev–Trinajstić information content (AvgIpc) is 2.15. The molecule has 76 valence electrons. The summed E-state index contributed by atoms with van der Waals surface area (Å²) in [6, 6.07) is 0. The topological polar surface area (TPSA) is 49.4 Å². The van der Waals surface area contributed by atoms with E-state index in [0.717, 1.165) is 12.8 Å². The Hall–Kier alpha value is -1.06. The lowest BCUT2D eigenvalue weighted by molar-refractivity contribution is -0.145. The quantitative estimate of drug-likeness (QED) is 0.645. The van der Waals surface area contributed by atoms with Gasteiger partial charge in [0.15, 0.2) is 0 Å². The Kier molecular flexibility index (Phi) is 5.93. The summed E-state index contributed by atoms with van der Waals surface area (Å²) in [5.41, 5.74) is 0. The van der Waals surface area contributed by atoms with E-state index in [1.165, 1.54) is 7.05 Å². The highest BCUT2D eigenvalue weighted by Crippen LogP contribution is 1.95. The number of carbonyl (C=O) groups excluding carboxylic acids is 2. The zero-order chi connectivity index (χ0) is 10.3. The van der Waals surface area contributed by atoms with E-state index in [9.17, 15) is 9.59 Å². The minimum Gasteiger partial charge on any atom is -0.351 e. The maximum Gasteiger partial charge on any atom is 0.311 e. The Morgan fingerprint density at radius 1 is 1.15 bits per heavy atom. The monoisotopic (exact) mass is 186 g/mol. The highest BCUT2D eigenvalue weighted by molar-refractivity contribution is 6.34. The lowest BCUT2D eigenvalue weighted by Gasteiger charge is -2.19. The van der Waals surface area contributed by atoms with Gasteiger partial charge in [0.2, 0.25) is 0 Å². The first-order valence-corrected chi connectivity index (χ1v) is 4.68. The predicted molar refractivity (Wildman–Crippen MR) is 51.2 cm³/mol. The second kappa shape index (κ2) is 6.46. The third kappa shape index (κ3) is 3.92. The Balaban J connectivity index is 4.18. The molecule has 0 atom stereocenters. The van der Waals surface area contributed by atoms with Crippen molar-refractivity contribution in [1.82, 2.24) is 10.2 Å². The smallest absolute Gasteiger partial charge is 0.311 e. The Morgan fingerprint density at radius 3 is 1.92 bits per heavy atom. The van der Waals surface area contributed by atoms with Gasteiger partial charge < -0.3 is 10.2 Å². The van der Waals surface area contributed by atoms with Gasteiger partial charge in [0, 0.05) is 20.1 Å². The third-order valence-electron chi connectivity index (χ3n) is 1.70. The van der Waals surface area contributed by atoms with Crippen molar-refractivity contribution >= 4 is 11.8 Å². The summed E-state index contributed by atoms with van der Waals surface area (Å²) in [7, 11) is 1.47. The predicted octanol–water partition coefficient (Wildman–Crippen LogP) is 0.381. The van der Waals surface area contributed by atoms with E-state index in [2.05, 4.69) is 5.32 Å². The molecule has 0 unspecified atom stereocenters. The molecule has 0 aromatic carbocycles. The van der Waals surface area contributed by atoms with Gasteiger partial charge in [-0.3, -0.25) is 9.59 Å². The van der Waals surface area contributed by atoms with Crippen LogP contribution in [0.5, 0.6) is 0 Å². The Morgan fingerprint density at radius 2 is 1.62 bits per heavy atom. The van der Waals surface area contributed by atoms with E-state index < -0.39 is 11.8 Å². The molecule has 0 aromatic heterocycles. The molecule has 0 saturated heterocycles. The fraction of sp³-hybridized carbons (Fsp3) is 0.778. The van der Waals surface area contributed by atoms with Crippen LogP contribution in [0.25, 0.3) is 0 Å². The molecule has 0 rings (SSSR count). The van der Waals surface area contributed by atoms with Crippen molar-refractivity contribution in [2.75, 3.05) is 20.1 Å². The van der Waals surface area contributed by atoms with Crippen molar-refractivity contribution in [2.24, 2.45) is 0 Å². The second-order valence-electron chi connectivity index (χ2n) is 2.87. The molecular weight excluding hydrogens is 168 g/mol. The van der Waals surface area contributed by atoms with Crippen LogP contribution in [0.4, 0.5) is 0 Å². The summed E-state index contributed by atoms with van der Waals surface area (Å²) < 4.78 is 0. The largest absolute Gasteiger partial charge is 0.351 e. The van der Waals surface area contributed by atoms with Crippen molar-refractivity contribution in [1.29, 1.82) is 0 Å². The molecule has 0 bridgehead atoms. The van der Waals surface area contributed by atoms with Crippen LogP contribution in [0.2, 0.25) is 0 Å². The van der Waals surface area contributed by atoms with Crippen LogP contribution in [-0.4, -0.2) is 36.9 Å². The van der Waals surface area contributed by atoms with E-state index in [1.807, 2.05) is 13.8 Å². The number of hydrogen-bond donors (Lipinski definition) is 1. The summed E-state index contributed by atoms with van der Waals surface area (Å²) >= 11 is 0. The maximum atomic E-state index is 11.4. The Labute approximate surface area is 79.3 Å². The number of nitrogens with one attached hydrogen (secondary N) is 1. The summed E-state index contributed by atoms with van der Waals surface area (Å²) in [6.45, 7) is 5.28. The van der Waals surface area contributed by atoms with E-state index in [0.29, 0.717) is 13.1 Å². The fourth-order valence-corrected chi connectivity index (χ4v) is 1.11. The number of nitrogens with zero attached hydrogens (tertiary/aromatic N) is 1. The lowest BCUT2D eigenvalue weighted by Crippen LogP contribution is -2.42. The molecule has 13 heavy (non-hydrogen) atoms. The van der Waals surface area contributed by atoms with Gasteiger partial charge in [-0.1, -0.05) is 13.8 Å². The molecule has 1 N–H and O–H groups in total. The van der Waals surface area contributed by atoms with Gasteiger partial charge >= 0.3 is 11.8 Å². The minimum atomic E-state index is -0.526. The third-order valence-corrected chi connectivity index (χ3v) is 1.70. The molecule has 0 fully saturated rings. The van der Waals surface area contributed by atoms with Crippen molar-refractivity contribution in [3.8, 4) is 0 Å². The normalized spacial score (nSPS) is 9.46. The van der Waals surface area contributed by atoms with Gasteiger partial charge in [-0.05, 0) is 12.8 Å². The van der Waals surface area contributed by atoms with Crippen LogP contribution in [0.1, 0.15) is 26.7 Å². The molecule has 4 heteroatoms. The van der Waals surface area contributed by atoms with Crippen LogP contribution in [0.3, 0.4) is 0 Å². The average molecular weight is 186 g/mol. The molecule has 0 aliphatic rings. The fourth-order valence-electron chi connectivity index (χ4n) is 1.11. The van der Waals surface area contributed by atoms with Crippen LogP contribution in [-0.2, 0) is 9.59 Å². The van der Waals surface area contributed by atoms with Crippen molar-refractivity contribution in [3.63, 3.8) is 0 Å². The molecular formula is C9H18N2O2. The highest BCUT2D eigenvalue weighted by atomic mass is 16.2. The van der Waals surface area contributed by atoms with Gasteiger partial charge in [-0.2, -0.15) is 0 Å². The summed E-state index contributed by atoms with van der Waals surface area (Å²) in [4.78, 5) is 24.0. The van der Waals surface area contributed by atoms with Crippen LogP contribution < -0.4 is 5.32 Å². The summed E-state index contributed by atoms with van der Waals surface area (Å²) in [5.74, 6) is -0.951. The molecule has 0 spiro atoms. The van der Waals surface area contributed by atoms with Gasteiger partial charge in [0.25, 0.3) is 0 Å². The molecule has 0 aromatic rings. The minimum absolute atomic E-state index is 0.425. The second-order valence-corrected chi connectivity index (χ2v) is 2.87. The molecule has 0 aliphatic heterocycles. The first-order valence-electron chi connectivity index (χ1n) is 4.68. The first kappa shape index (κ1) is 11.9. The number of amides is 2. The van der Waals surface area contributed by atoms with Crippen molar-refractivity contribution in [3.05, 3.63) is 0 Å². The van der Waals surface area contributed by atoms with Gasteiger partial charge in [0.05, 0.1) is 0 Å². The first-order chi connectivity index (χ1) is 6.17. The number of rotatable bonds is 4.